The second-order valence-electron chi connectivity index (χ2n) is 4.24. The van der Waals surface area contributed by atoms with Gasteiger partial charge in [0, 0.05) is 5.25 Å². The Balaban J connectivity index is 2.12. The van der Waals surface area contributed by atoms with E-state index in [-0.39, 0.29) is 6.10 Å². The molecule has 5 heteroatoms. The molecule has 0 radical (unpaired) electrons. The summed E-state index contributed by atoms with van der Waals surface area (Å²) in [6.45, 7) is 4.38. The Bertz CT molecular complexity index is 266. The van der Waals surface area contributed by atoms with Crippen molar-refractivity contribution in [2.75, 3.05) is 12.0 Å². The van der Waals surface area contributed by atoms with Gasteiger partial charge in [-0.25, -0.2) is 0 Å². The van der Waals surface area contributed by atoms with Crippen LogP contribution in [-0.2, 0) is 14.3 Å². The fraction of sp³-hybridized carbons (Fsp3) is 1.00. The van der Waals surface area contributed by atoms with E-state index in [9.17, 15) is 8.42 Å². The molecule has 0 amide bonds. The predicted molar refractivity (Wildman–Crippen MR) is 60.0 cm³/mol. The van der Waals surface area contributed by atoms with Crippen LogP contribution in [0.2, 0.25) is 0 Å². The van der Waals surface area contributed by atoms with Crippen LogP contribution in [-0.4, -0.2) is 31.8 Å². The van der Waals surface area contributed by atoms with Crippen molar-refractivity contribution in [2.24, 2.45) is 5.92 Å². The van der Waals surface area contributed by atoms with Gasteiger partial charge in [0.25, 0.3) is 10.1 Å². The molecule has 0 aliphatic heterocycles. The number of thioether (sulfide) groups is 1. The first-order valence-corrected chi connectivity index (χ1v) is 7.73. The standard InChI is InChI=1S/C9H18O3S2/c1-7(2)6-13-9-4-8(5-9)12-14(3,10)11/h7-9H,4-6H2,1-3H3. The van der Waals surface area contributed by atoms with E-state index in [0.717, 1.165) is 24.9 Å². The molecule has 84 valence electrons. The van der Waals surface area contributed by atoms with Crippen molar-refractivity contribution in [1.29, 1.82) is 0 Å². The second-order valence-corrected chi connectivity index (χ2v) is 7.18. The zero-order valence-corrected chi connectivity index (χ0v) is 10.5. The molecule has 0 N–H and O–H groups in total. The summed E-state index contributed by atoms with van der Waals surface area (Å²) in [5.41, 5.74) is 0. The lowest BCUT2D eigenvalue weighted by Crippen LogP contribution is -2.35. The monoisotopic (exact) mass is 238 g/mol. The van der Waals surface area contributed by atoms with Gasteiger partial charge in [-0.1, -0.05) is 13.8 Å². The van der Waals surface area contributed by atoms with E-state index in [1.807, 2.05) is 11.8 Å². The summed E-state index contributed by atoms with van der Waals surface area (Å²) in [4.78, 5) is 0. The number of rotatable bonds is 5. The summed E-state index contributed by atoms with van der Waals surface area (Å²) in [5, 5.41) is 0.601. The van der Waals surface area contributed by atoms with Crippen LogP contribution in [0.25, 0.3) is 0 Å². The molecule has 0 bridgehead atoms. The van der Waals surface area contributed by atoms with Crippen molar-refractivity contribution in [3.05, 3.63) is 0 Å². The van der Waals surface area contributed by atoms with Crippen LogP contribution in [0.3, 0.4) is 0 Å². The van der Waals surface area contributed by atoms with E-state index in [1.54, 1.807) is 0 Å². The first-order chi connectivity index (χ1) is 6.37. The zero-order valence-electron chi connectivity index (χ0n) is 8.89. The molecule has 1 aliphatic carbocycles. The second kappa shape index (κ2) is 4.86. The predicted octanol–water partition coefficient (Wildman–Crippen LogP) is 1.88. The third-order valence-corrected chi connectivity index (χ3v) is 4.36. The van der Waals surface area contributed by atoms with Gasteiger partial charge in [0.1, 0.15) is 0 Å². The van der Waals surface area contributed by atoms with Gasteiger partial charge in [0.05, 0.1) is 12.4 Å². The molecule has 0 heterocycles. The highest BCUT2D eigenvalue weighted by atomic mass is 32.2. The SMILES string of the molecule is CC(C)CSC1CC(OS(C)(=O)=O)C1. The molecule has 0 saturated heterocycles. The summed E-state index contributed by atoms with van der Waals surface area (Å²) in [6, 6.07) is 0. The molecule has 0 spiro atoms. The summed E-state index contributed by atoms with van der Waals surface area (Å²) in [7, 11) is -3.25. The Hall–Kier alpha value is 0.260. The average Bonchev–Trinajstić information content (AvgIpc) is 1.90. The van der Waals surface area contributed by atoms with Crippen molar-refractivity contribution in [1.82, 2.24) is 0 Å². The minimum atomic E-state index is -3.25. The highest BCUT2D eigenvalue weighted by molar-refractivity contribution is 7.99. The minimum absolute atomic E-state index is 0.0605. The molecule has 0 unspecified atom stereocenters. The van der Waals surface area contributed by atoms with E-state index in [1.165, 1.54) is 0 Å². The highest BCUT2D eigenvalue weighted by Gasteiger charge is 2.32. The van der Waals surface area contributed by atoms with Gasteiger partial charge < -0.3 is 0 Å². The minimum Gasteiger partial charge on any atom is -0.267 e. The first-order valence-electron chi connectivity index (χ1n) is 4.86. The third kappa shape index (κ3) is 4.66. The normalized spacial score (nSPS) is 27.7. The maximum Gasteiger partial charge on any atom is 0.264 e. The zero-order chi connectivity index (χ0) is 10.8. The number of hydrogen-bond donors (Lipinski definition) is 0. The van der Waals surface area contributed by atoms with Gasteiger partial charge in [-0.2, -0.15) is 20.2 Å². The summed E-state index contributed by atoms with van der Waals surface area (Å²) >= 11 is 1.93. The van der Waals surface area contributed by atoms with Crippen molar-refractivity contribution in [2.45, 2.75) is 38.0 Å². The largest absolute Gasteiger partial charge is 0.267 e. The summed E-state index contributed by atoms with van der Waals surface area (Å²) in [5.74, 6) is 1.85. The van der Waals surface area contributed by atoms with Crippen LogP contribution in [0.1, 0.15) is 26.7 Å². The highest BCUT2D eigenvalue weighted by Crippen LogP contribution is 2.35. The summed E-state index contributed by atoms with van der Waals surface area (Å²) in [6.07, 6.45) is 2.81. The van der Waals surface area contributed by atoms with Crippen LogP contribution >= 0.6 is 11.8 Å². The fourth-order valence-electron chi connectivity index (χ4n) is 1.31. The quantitative estimate of drug-likeness (QED) is 0.686. The lowest BCUT2D eigenvalue weighted by atomic mass is 9.96. The maximum absolute atomic E-state index is 10.8. The Kier molecular flexibility index (Phi) is 4.28. The van der Waals surface area contributed by atoms with E-state index < -0.39 is 10.1 Å². The van der Waals surface area contributed by atoms with Gasteiger partial charge in [0.15, 0.2) is 0 Å². The number of hydrogen-bond acceptors (Lipinski definition) is 4. The van der Waals surface area contributed by atoms with Gasteiger partial charge in [-0.3, -0.25) is 4.18 Å². The fourth-order valence-corrected chi connectivity index (χ4v) is 3.32. The van der Waals surface area contributed by atoms with Crippen LogP contribution in [0.5, 0.6) is 0 Å². The van der Waals surface area contributed by atoms with Crippen LogP contribution in [0.15, 0.2) is 0 Å². The average molecular weight is 238 g/mol. The van der Waals surface area contributed by atoms with Gasteiger partial charge in [-0.05, 0) is 24.5 Å². The molecule has 0 aromatic carbocycles. The van der Waals surface area contributed by atoms with Crippen LogP contribution in [0, 0.1) is 5.92 Å². The molecular formula is C9H18O3S2. The van der Waals surface area contributed by atoms with Gasteiger partial charge in [0.2, 0.25) is 0 Å². The molecule has 14 heavy (non-hydrogen) atoms. The molecule has 0 atom stereocenters. The molecule has 1 rings (SSSR count). The first kappa shape index (κ1) is 12.3. The Morgan fingerprint density at radius 2 is 2.00 bits per heavy atom. The van der Waals surface area contributed by atoms with E-state index in [0.29, 0.717) is 11.2 Å². The third-order valence-electron chi connectivity index (χ3n) is 2.03. The molecule has 1 fully saturated rings. The van der Waals surface area contributed by atoms with Crippen molar-refractivity contribution in [3.8, 4) is 0 Å². The van der Waals surface area contributed by atoms with E-state index >= 15 is 0 Å². The van der Waals surface area contributed by atoms with E-state index in [4.69, 9.17) is 4.18 Å². The van der Waals surface area contributed by atoms with Crippen molar-refractivity contribution in [3.63, 3.8) is 0 Å². The van der Waals surface area contributed by atoms with Crippen molar-refractivity contribution >= 4 is 21.9 Å². The lowest BCUT2D eigenvalue weighted by molar-refractivity contribution is 0.135. The Morgan fingerprint density at radius 1 is 1.43 bits per heavy atom. The molecule has 1 saturated carbocycles. The smallest absolute Gasteiger partial charge is 0.264 e. The van der Waals surface area contributed by atoms with Gasteiger partial charge >= 0.3 is 0 Å². The summed E-state index contributed by atoms with van der Waals surface area (Å²) < 4.78 is 26.4. The van der Waals surface area contributed by atoms with Gasteiger partial charge in [-0.15, -0.1) is 0 Å². The molecule has 0 aromatic heterocycles. The molecule has 0 aromatic rings. The Labute approximate surface area is 90.7 Å². The van der Waals surface area contributed by atoms with Crippen LogP contribution in [0.4, 0.5) is 0 Å². The lowest BCUT2D eigenvalue weighted by Gasteiger charge is -2.33. The Morgan fingerprint density at radius 3 is 2.43 bits per heavy atom. The van der Waals surface area contributed by atoms with E-state index in [2.05, 4.69) is 13.8 Å². The molecule has 3 nitrogen and oxygen atoms in total. The van der Waals surface area contributed by atoms with Crippen LogP contribution < -0.4 is 0 Å². The maximum atomic E-state index is 10.8. The molecule has 1 aliphatic rings. The van der Waals surface area contributed by atoms with Crippen molar-refractivity contribution < 1.29 is 12.6 Å². The topological polar surface area (TPSA) is 43.4 Å². The molecular weight excluding hydrogens is 220 g/mol.